The van der Waals surface area contributed by atoms with Crippen molar-refractivity contribution in [3.8, 4) is 0 Å². The second-order valence-corrected chi connectivity index (χ2v) is 4.20. The lowest BCUT2D eigenvalue weighted by atomic mass is 10.4. The van der Waals surface area contributed by atoms with Crippen LogP contribution in [0, 0.1) is 0 Å². The van der Waals surface area contributed by atoms with Gasteiger partial charge in [0.25, 0.3) is 6.43 Å². The van der Waals surface area contributed by atoms with Gasteiger partial charge in [-0.05, 0) is 12.8 Å². The summed E-state index contributed by atoms with van der Waals surface area (Å²) < 4.78 is 30.5. The summed E-state index contributed by atoms with van der Waals surface area (Å²) in [5, 5.41) is 3.39. The minimum Gasteiger partial charge on any atom is -0.374 e. The zero-order chi connectivity index (χ0) is 12.1. The summed E-state index contributed by atoms with van der Waals surface area (Å²) in [6.45, 7) is 1.13. The predicted molar refractivity (Wildman–Crippen MR) is 58.9 cm³/mol. The summed E-state index contributed by atoms with van der Waals surface area (Å²) in [5.74, 6) is 0. The fraction of sp³-hybridized carbons (Fsp3) is 0.727. The maximum atomic E-state index is 11.8. The molecule has 0 aromatic carbocycles. The number of ether oxygens (including phenoxy) is 1. The predicted octanol–water partition coefficient (Wildman–Crippen LogP) is 1.42. The van der Waals surface area contributed by atoms with E-state index in [4.69, 9.17) is 4.74 Å². The molecule has 1 aromatic heterocycles. The molecule has 0 spiro atoms. The topological polar surface area (TPSA) is 39.1 Å². The molecule has 2 rings (SSSR count). The zero-order valence-corrected chi connectivity index (χ0v) is 9.61. The van der Waals surface area contributed by atoms with Gasteiger partial charge in [-0.15, -0.1) is 0 Å². The maximum Gasteiger partial charge on any atom is 0.261 e. The number of rotatable bonds is 8. The molecular weight excluding hydrogens is 228 g/mol. The van der Waals surface area contributed by atoms with Gasteiger partial charge in [-0.1, -0.05) is 0 Å². The van der Waals surface area contributed by atoms with E-state index in [9.17, 15) is 8.78 Å². The first-order valence-electron chi connectivity index (χ1n) is 5.84. The van der Waals surface area contributed by atoms with Crippen LogP contribution in [0.25, 0.3) is 0 Å². The number of nitrogens with one attached hydrogen (secondary N) is 1. The molecule has 0 unspecified atom stereocenters. The Kier molecular flexibility index (Phi) is 4.44. The Labute approximate surface area is 99.0 Å². The summed E-state index contributed by atoms with van der Waals surface area (Å²) in [6, 6.07) is 0.647. The minimum atomic E-state index is -2.39. The molecule has 0 bridgehead atoms. The van der Waals surface area contributed by atoms with Crippen LogP contribution in [0.2, 0.25) is 0 Å². The first-order valence-corrected chi connectivity index (χ1v) is 5.84. The largest absolute Gasteiger partial charge is 0.374 e. The lowest BCUT2D eigenvalue weighted by Gasteiger charge is -2.09. The van der Waals surface area contributed by atoms with Crippen molar-refractivity contribution in [3.05, 3.63) is 18.2 Å². The van der Waals surface area contributed by atoms with E-state index >= 15 is 0 Å². The minimum absolute atomic E-state index is 0.289. The van der Waals surface area contributed by atoms with Crippen molar-refractivity contribution in [1.29, 1.82) is 0 Å². The van der Waals surface area contributed by atoms with Gasteiger partial charge >= 0.3 is 0 Å². The third-order valence-electron chi connectivity index (χ3n) is 2.67. The highest BCUT2D eigenvalue weighted by molar-refractivity contribution is 4.99. The van der Waals surface area contributed by atoms with Crippen LogP contribution in [0.4, 0.5) is 8.78 Å². The average molecular weight is 245 g/mol. The van der Waals surface area contributed by atoms with Crippen LogP contribution in [0.1, 0.15) is 18.5 Å². The van der Waals surface area contributed by atoms with Gasteiger partial charge < -0.3 is 14.6 Å². The number of imidazole rings is 1. The van der Waals surface area contributed by atoms with Gasteiger partial charge in [-0.25, -0.2) is 13.8 Å². The van der Waals surface area contributed by atoms with Gasteiger partial charge in [-0.3, -0.25) is 0 Å². The molecule has 0 amide bonds. The van der Waals surface area contributed by atoms with E-state index < -0.39 is 13.0 Å². The van der Waals surface area contributed by atoms with E-state index in [1.807, 2.05) is 4.57 Å². The second-order valence-electron chi connectivity index (χ2n) is 4.20. The Morgan fingerprint density at radius 1 is 1.53 bits per heavy atom. The molecule has 0 saturated heterocycles. The highest BCUT2D eigenvalue weighted by atomic mass is 19.3. The first kappa shape index (κ1) is 12.4. The fourth-order valence-corrected chi connectivity index (χ4v) is 1.57. The lowest BCUT2D eigenvalue weighted by molar-refractivity contribution is 0.0146. The van der Waals surface area contributed by atoms with Gasteiger partial charge in [-0.2, -0.15) is 0 Å². The normalized spacial score (nSPS) is 15.7. The van der Waals surface area contributed by atoms with Gasteiger partial charge in [0.15, 0.2) is 0 Å². The monoisotopic (exact) mass is 245 g/mol. The van der Waals surface area contributed by atoms with Crippen LogP contribution in [0.3, 0.4) is 0 Å². The summed E-state index contributed by atoms with van der Waals surface area (Å²) in [4.78, 5) is 4.05. The number of nitrogens with zero attached hydrogens (tertiary/aromatic N) is 2. The summed E-state index contributed by atoms with van der Waals surface area (Å²) >= 11 is 0. The second kappa shape index (κ2) is 6.07. The van der Waals surface area contributed by atoms with Crippen molar-refractivity contribution in [2.45, 2.75) is 38.4 Å². The van der Waals surface area contributed by atoms with E-state index in [1.54, 1.807) is 12.5 Å². The van der Waals surface area contributed by atoms with Crippen molar-refractivity contribution < 1.29 is 13.5 Å². The Hall–Kier alpha value is -1.01. The van der Waals surface area contributed by atoms with Crippen LogP contribution < -0.4 is 5.32 Å². The molecule has 1 fully saturated rings. The van der Waals surface area contributed by atoms with E-state index in [0.717, 1.165) is 12.2 Å². The molecule has 1 aromatic rings. The van der Waals surface area contributed by atoms with Crippen molar-refractivity contribution in [2.75, 3.05) is 13.2 Å². The summed E-state index contributed by atoms with van der Waals surface area (Å²) in [7, 11) is 0. The summed E-state index contributed by atoms with van der Waals surface area (Å²) in [6.07, 6.45) is 3.59. The van der Waals surface area contributed by atoms with Crippen LogP contribution in [-0.2, 0) is 17.8 Å². The van der Waals surface area contributed by atoms with Crippen LogP contribution in [0.15, 0.2) is 12.5 Å². The van der Waals surface area contributed by atoms with Crippen LogP contribution >= 0.6 is 0 Å². The zero-order valence-electron chi connectivity index (χ0n) is 9.61. The van der Waals surface area contributed by atoms with Crippen LogP contribution in [0.5, 0.6) is 0 Å². The van der Waals surface area contributed by atoms with Crippen LogP contribution in [-0.4, -0.2) is 35.2 Å². The number of halogens is 2. The standard InChI is InChI=1S/C11H17F2N3O/c12-11(13)7-17-4-3-16-8-14-5-10(16)6-15-9-1-2-9/h5,8-9,11,15H,1-4,6-7H2. The Bertz CT molecular complexity index is 339. The van der Waals surface area contributed by atoms with Crippen molar-refractivity contribution >= 4 is 0 Å². The average Bonchev–Trinajstić information content (AvgIpc) is 3.02. The molecule has 1 saturated carbocycles. The van der Waals surface area contributed by atoms with Gasteiger partial charge in [0.2, 0.25) is 0 Å². The molecule has 1 aliphatic rings. The third-order valence-corrected chi connectivity index (χ3v) is 2.67. The van der Waals surface area contributed by atoms with E-state index in [2.05, 4.69) is 10.3 Å². The SMILES string of the molecule is FC(F)COCCn1cncc1CNC1CC1. The molecule has 17 heavy (non-hydrogen) atoms. The molecule has 1 heterocycles. The Balaban J connectivity index is 1.69. The van der Waals surface area contributed by atoms with Crippen molar-refractivity contribution in [1.82, 2.24) is 14.9 Å². The van der Waals surface area contributed by atoms with Crippen molar-refractivity contribution in [3.63, 3.8) is 0 Å². The van der Waals surface area contributed by atoms with E-state index in [0.29, 0.717) is 12.6 Å². The van der Waals surface area contributed by atoms with Gasteiger partial charge in [0.1, 0.15) is 6.61 Å². The Morgan fingerprint density at radius 2 is 2.35 bits per heavy atom. The smallest absolute Gasteiger partial charge is 0.261 e. The molecule has 6 heteroatoms. The van der Waals surface area contributed by atoms with Gasteiger partial charge in [0.05, 0.1) is 18.6 Å². The lowest BCUT2D eigenvalue weighted by Crippen LogP contribution is -2.19. The van der Waals surface area contributed by atoms with E-state index in [1.165, 1.54) is 12.8 Å². The molecular formula is C11H17F2N3O. The number of aromatic nitrogens is 2. The van der Waals surface area contributed by atoms with Crippen molar-refractivity contribution in [2.24, 2.45) is 0 Å². The maximum absolute atomic E-state index is 11.8. The molecule has 0 atom stereocenters. The number of hydrogen-bond acceptors (Lipinski definition) is 3. The Morgan fingerprint density at radius 3 is 3.06 bits per heavy atom. The molecule has 4 nitrogen and oxygen atoms in total. The highest BCUT2D eigenvalue weighted by Crippen LogP contribution is 2.19. The van der Waals surface area contributed by atoms with E-state index in [-0.39, 0.29) is 6.61 Å². The number of alkyl halides is 2. The van der Waals surface area contributed by atoms with Gasteiger partial charge in [0, 0.05) is 25.3 Å². The third kappa shape index (κ3) is 4.40. The molecule has 0 aliphatic heterocycles. The first-order chi connectivity index (χ1) is 8.25. The molecule has 0 radical (unpaired) electrons. The summed E-state index contributed by atoms with van der Waals surface area (Å²) in [5.41, 5.74) is 1.07. The highest BCUT2D eigenvalue weighted by Gasteiger charge is 2.20. The quantitative estimate of drug-likeness (QED) is 0.704. The molecule has 1 aliphatic carbocycles. The molecule has 96 valence electrons. The fourth-order valence-electron chi connectivity index (χ4n) is 1.57. The molecule has 1 N–H and O–H groups in total. The number of hydrogen-bond donors (Lipinski definition) is 1.